The Labute approximate surface area is 240 Å². The predicted molar refractivity (Wildman–Crippen MR) is 151 cm³/mol. The number of piperidine rings is 1. The van der Waals surface area contributed by atoms with Crippen LogP contribution in [-0.4, -0.2) is 83.9 Å². The molecule has 2 atom stereocenters. The highest BCUT2D eigenvalue weighted by atomic mass is 32.2. The SMILES string of the molecule is CNS(=O)(=O)c1cccc(OC[C@@H](O)CNC2COC3(CCN(S(=O)(=O)c4cccc(-c5ccco5)c4)CC3)C2)c1. The van der Waals surface area contributed by atoms with Crippen LogP contribution in [0.4, 0.5) is 0 Å². The summed E-state index contributed by atoms with van der Waals surface area (Å²) in [6.07, 6.45) is 2.62. The van der Waals surface area contributed by atoms with E-state index in [0.717, 1.165) is 0 Å². The number of nitrogens with one attached hydrogen (secondary N) is 2. The van der Waals surface area contributed by atoms with Gasteiger partial charge in [0, 0.05) is 37.3 Å². The first-order chi connectivity index (χ1) is 19.6. The number of furan rings is 1. The van der Waals surface area contributed by atoms with Gasteiger partial charge in [0.25, 0.3) is 0 Å². The monoisotopic (exact) mass is 605 g/mol. The Kier molecular flexibility index (Phi) is 8.85. The highest BCUT2D eigenvalue weighted by molar-refractivity contribution is 7.89. The van der Waals surface area contributed by atoms with E-state index < -0.39 is 31.8 Å². The topological polar surface area (TPSA) is 147 Å². The van der Waals surface area contributed by atoms with Crippen LogP contribution in [0.2, 0.25) is 0 Å². The summed E-state index contributed by atoms with van der Waals surface area (Å²) in [5.74, 6) is 0.960. The molecule has 2 aliphatic heterocycles. The van der Waals surface area contributed by atoms with Crippen molar-refractivity contribution >= 4 is 20.0 Å². The molecule has 1 spiro atoms. The summed E-state index contributed by atoms with van der Waals surface area (Å²) in [6, 6.07) is 16.4. The number of hydrogen-bond acceptors (Lipinski definition) is 9. The maximum atomic E-state index is 13.4. The van der Waals surface area contributed by atoms with Gasteiger partial charge in [0.2, 0.25) is 20.0 Å². The van der Waals surface area contributed by atoms with Gasteiger partial charge < -0.3 is 24.3 Å². The van der Waals surface area contributed by atoms with Crippen molar-refractivity contribution in [2.24, 2.45) is 0 Å². The van der Waals surface area contributed by atoms with Crippen LogP contribution >= 0.6 is 0 Å². The van der Waals surface area contributed by atoms with Crippen LogP contribution < -0.4 is 14.8 Å². The second-order valence-corrected chi connectivity index (χ2v) is 14.2. The zero-order chi connectivity index (χ0) is 29.1. The van der Waals surface area contributed by atoms with Crippen LogP contribution in [0.15, 0.2) is 81.1 Å². The van der Waals surface area contributed by atoms with Crippen LogP contribution in [0.3, 0.4) is 0 Å². The first-order valence-corrected chi connectivity index (χ1v) is 16.4. The van der Waals surface area contributed by atoms with Gasteiger partial charge in [-0.3, -0.25) is 0 Å². The summed E-state index contributed by atoms with van der Waals surface area (Å²) >= 11 is 0. The van der Waals surface area contributed by atoms with Gasteiger partial charge in [-0.05, 0) is 62.7 Å². The molecule has 3 heterocycles. The van der Waals surface area contributed by atoms with Gasteiger partial charge >= 0.3 is 0 Å². The minimum absolute atomic E-state index is 0.0112. The van der Waals surface area contributed by atoms with Crippen molar-refractivity contribution in [3.8, 4) is 17.1 Å². The lowest BCUT2D eigenvalue weighted by Crippen LogP contribution is -2.47. The maximum Gasteiger partial charge on any atom is 0.243 e. The first-order valence-electron chi connectivity index (χ1n) is 13.5. The molecule has 0 radical (unpaired) electrons. The number of aliphatic hydroxyl groups is 1. The van der Waals surface area contributed by atoms with Crippen molar-refractivity contribution in [2.45, 2.75) is 46.8 Å². The second kappa shape index (κ2) is 12.2. The Morgan fingerprint density at radius 1 is 1.05 bits per heavy atom. The van der Waals surface area contributed by atoms with Crippen molar-refractivity contribution in [1.29, 1.82) is 0 Å². The highest BCUT2D eigenvalue weighted by Crippen LogP contribution is 2.37. The molecule has 2 aromatic carbocycles. The summed E-state index contributed by atoms with van der Waals surface area (Å²) in [6.45, 7) is 1.45. The number of aliphatic hydroxyl groups excluding tert-OH is 1. The fourth-order valence-electron chi connectivity index (χ4n) is 5.26. The summed E-state index contributed by atoms with van der Waals surface area (Å²) in [7, 11) is -5.91. The Morgan fingerprint density at radius 2 is 1.80 bits per heavy atom. The standard InChI is InChI=1S/C28H35N3O8S2/c1-29-40(33,34)25-7-3-6-24(16-25)38-20-23(32)18-30-22-17-28(39-19-22)10-12-31(13-11-28)41(35,36)26-8-2-5-21(15-26)27-9-4-14-37-27/h2-9,14-16,22-23,29-30,32H,10-13,17-20H2,1H3/t22?,23-/m0/s1. The van der Waals surface area contributed by atoms with Crippen LogP contribution in [0.25, 0.3) is 11.3 Å². The molecule has 3 aromatic rings. The van der Waals surface area contributed by atoms with Crippen LogP contribution in [0.1, 0.15) is 19.3 Å². The molecule has 41 heavy (non-hydrogen) atoms. The summed E-state index contributed by atoms with van der Waals surface area (Å²) in [5, 5.41) is 13.7. The van der Waals surface area contributed by atoms with E-state index in [1.165, 1.54) is 23.5 Å². The zero-order valence-electron chi connectivity index (χ0n) is 22.7. The minimum Gasteiger partial charge on any atom is -0.491 e. The molecular formula is C28H35N3O8S2. The van der Waals surface area contributed by atoms with Gasteiger partial charge in [0.15, 0.2) is 0 Å². The van der Waals surface area contributed by atoms with Gasteiger partial charge in [0.05, 0.1) is 28.3 Å². The van der Waals surface area contributed by atoms with E-state index in [4.69, 9.17) is 13.9 Å². The number of benzene rings is 2. The molecule has 2 fully saturated rings. The van der Waals surface area contributed by atoms with E-state index in [-0.39, 0.29) is 29.0 Å². The Hall–Kier alpha value is -2.78. The molecule has 2 saturated heterocycles. The van der Waals surface area contributed by atoms with Gasteiger partial charge in [0.1, 0.15) is 24.2 Å². The third-order valence-electron chi connectivity index (χ3n) is 7.59. The smallest absolute Gasteiger partial charge is 0.243 e. The highest BCUT2D eigenvalue weighted by Gasteiger charge is 2.44. The van der Waals surface area contributed by atoms with E-state index in [2.05, 4.69) is 10.0 Å². The molecule has 1 aromatic heterocycles. The average molecular weight is 606 g/mol. The van der Waals surface area contributed by atoms with Gasteiger partial charge in [-0.25, -0.2) is 21.6 Å². The summed E-state index contributed by atoms with van der Waals surface area (Å²) in [4.78, 5) is 0.320. The lowest BCUT2D eigenvalue weighted by Gasteiger charge is -2.38. The van der Waals surface area contributed by atoms with E-state index in [0.29, 0.717) is 56.0 Å². The van der Waals surface area contributed by atoms with Crippen molar-refractivity contribution in [3.05, 3.63) is 66.9 Å². The van der Waals surface area contributed by atoms with Crippen LogP contribution in [0, 0.1) is 0 Å². The molecule has 1 unspecified atom stereocenters. The van der Waals surface area contributed by atoms with E-state index in [1.807, 2.05) is 6.07 Å². The third kappa shape index (κ3) is 6.83. The number of ether oxygens (including phenoxy) is 2. The summed E-state index contributed by atoms with van der Waals surface area (Å²) < 4.78 is 71.7. The second-order valence-electron chi connectivity index (χ2n) is 10.4. The van der Waals surface area contributed by atoms with E-state index >= 15 is 0 Å². The van der Waals surface area contributed by atoms with Crippen molar-refractivity contribution in [1.82, 2.24) is 14.3 Å². The fraction of sp³-hybridized carbons (Fsp3) is 0.429. The molecule has 0 aliphatic carbocycles. The largest absolute Gasteiger partial charge is 0.491 e. The lowest BCUT2D eigenvalue weighted by atomic mass is 9.88. The lowest BCUT2D eigenvalue weighted by molar-refractivity contribution is -0.0312. The van der Waals surface area contributed by atoms with Gasteiger partial charge in [-0.2, -0.15) is 4.31 Å². The number of hydrogen-bond donors (Lipinski definition) is 3. The fourth-order valence-corrected chi connectivity index (χ4v) is 7.52. The van der Waals surface area contributed by atoms with Crippen molar-refractivity contribution in [2.75, 3.05) is 39.9 Å². The normalized spacial score (nSPS) is 20.3. The number of rotatable bonds is 11. The van der Waals surface area contributed by atoms with Crippen LogP contribution in [0.5, 0.6) is 5.75 Å². The van der Waals surface area contributed by atoms with E-state index in [9.17, 15) is 21.9 Å². The predicted octanol–water partition coefficient (Wildman–Crippen LogP) is 2.20. The Bertz CT molecular complexity index is 1540. The first kappa shape index (κ1) is 29.7. The molecule has 5 rings (SSSR count). The molecule has 0 bridgehead atoms. The van der Waals surface area contributed by atoms with Gasteiger partial charge in [-0.1, -0.05) is 18.2 Å². The molecule has 0 saturated carbocycles. The molecule has 3 N–H and O–H groups in total. The quantitative estimate of drug-likeness (QED) is 0.299. The third-order valence-corrected chi connectivity index (χ3v) is 10.9. The minimum atomic E-state index is -3.66. The molecule has 222 valence electrons. The van der Waals surface area contributed by atoms with Gasteiger partial charge in [-0.15, -0.1) is 0 Å². The van der Waals surface area contributed by atoms with Crippen molar-refractivity contribution in [3.63, 3.8) is 0 Å². The zero-order valence-corrected chi connectivity index (χ0v) is 24.4. The molecule has 11 nitrogen and oxygen atoms in total. The average Bonchev–Trinajstić information content (AvgIpc) is 3.66. The van der Waals surface area contributed by atoms with Crippen LogP contribution in [-0.2, 0) is 24.8 Å². The molecule has 2 aliphatic rings. The number of nitrogens with zero attached hydrogens (tertiary/aromatic N) is 1. The molecule has 0 amide bonds. The maximum absolute atomic E-state index is 13.4. The Morgan fingerprint density at radius 3 is 2.54 bits per heavy atom. The number of sulfonamides is 2. The summed E-state index contributed by atoms with van der Waals surface area (Å²) in [5.41, 5.74) is 0.306. The van der Waals surface area contributed by atoms with Crippen molar-refractivity contribution < 1.29 is 35.8 Å². The molecule has 13 heteroatoms. The molecular weight excluding hydrogens is 570 g/mol. The van der Waals surface area contributed by atoms with E-state index in [1.54, 1.807) is 48.7 Å². The Balaban J connectivity index is 1.09.